The molecule has 1 aliphatic carbocycles. The normalized spacial score (nSPS) is 17.3. The Kier molecular flexibility index (Phi) is 8.72. The zero-order chi connectivity index (χ0) is 31.5. The van der Waals surface area contributed by atoms with Crippen molar-refractivity contribution in [2.75, 3.05) is 21.5 Å². The van der Waals surface area contributed by atoms with Crippen molar-refractivity contribution in [1.29, 1.82) is 0 Å². The van der Waals surface area contributed by atoms with E-state index in [-0.39, 0.29) is 23.9 Å². The lowest BCUT2D eigenvalue weighted by Crippen LogP contribution is -2.50. The monoisotopic (exact) mass is 627 g/mol. The van der Waals surface area contributed by atoms with E-state index < -0.39 is 39.3 Å². The van der Waals surface area contributed by atoms with Gasteiger partial charge < -0.3 is 15.5 Å². The first-order valence-corrected chi connectivity index (χ1v) is 15.2. The zero-order valence-corrected chi connectivity index (χ0v) is 24.0. The van der Waals surface area contributed by atoms with E-state index in [1.54, 1.807) is 48.5 Å². The second-order valence-corrected chi connectivity index (χ2v) is 12.0. The van der Waals surface area contributed by atoms with Crippen LogP contribution >= 0.6 is 0 Å². The van der Waals surface area contributed by atoms with Crippen molar-refractivity contribution in [1.82, 2.24) is 5.32 Å². The van der Waals surface area contributed by atoms with Crippen molar-refractivity contribution < 1.29 is 36.0 Å². The molecule has 1 atom stereocenters. The van der Waals surface area contributed by atoms with Crippen molar-refractivity contribution >= 4 is 50.5 Å². The fourth-order valence-electron chi connectivity index (χ4n) is 5.21. The molecule has 0 radical (unpaired) electrons. The minimum absolute atomic E-state index is 0.0604. The molecular formula is C30H28F3N5O5S. The number of hydrogen-bond acceptors (Lipinski definition) is 6. The predicted octanol–water partition coefficient (Wildman–Crippen LogP) is 5.04. The molecule has 0 aromatic heterocycles. The van der Waals surface area contributed by atoms with Crippen LogP contribution < -0.4 is 20.3 Å². The number of para-hydroxylation sites is 1. The van der Waals surface area contributed by atoms with Gasteiger partial charge >= 0.3 is 21.6 Å². The molecule has 3 N–H and O–H groups in total. The average Bonchev–Trinajstić information content (AvgIpc) is 3.50. The molecule has 230 valence electrons. The quantitative estimate of drug-likeness (QED) is 0.322. The molecule has 3 amide bonds. The lowest BCUT2D eigenvalue weighted by atomic mass is 9.99. The minimum atomic E-state index is -5.69. The maximum Gasteiger partial charge on any atom is 0.516 e. The summed E-state index contributed by atoms with van der Waals surface area (Å²) in [6, 6.07) is 19.7. The molecule has 44 heavy (non-hydrogen) atoms. The highest BCUT2D eigenvalue weighted by molar-refractivity contribution is 7.93. The first kappa shape index (κ1) is 30.7. The number of fused-ring (bicyclic) bond motifs is 1. The van der Waals surface area contributed by atoms with E-state index in [2.05, 4.69) is 15.6 Å². The summed E-state index contributed by atoms with van der Waals surface area (Å²) in [5.74, 6) is -0.906. The number of rotatable bonds is 8. The number of nitrogens with zero attached hydrogens (tertiary/aromatic N) is 2. The molecule has 2 aliphatic rings. The molecule has 3 aromatic rings. The van der Waals surface area contributed by atoms with Gasteiger partial charge in [0.15, 0.2) is 5.78 Å². The second-order valence-electron chi connectivity index (χ2n) is 10.4. The van der Waals surface area contributed by atoms with Gasteiger partial charge in [-0.25, -0.2) is 9.79 Å². The summed E-state index contributed by atoms with van der Waals surface area (Å²) in [6.45, 7) is -0.209. The lowest BCUT2D eigenvalue weighted by molar-refractivity contribution is -0.125. The van der Waals surface area contributed by atoms with Crippen LogP contribution in [0.5, 0.6) is 0 Å². The van der Waals surface area contributed by atoms with Gasteiger partial charge in [-0.05, 0) is 37.1 Å². The Bertz CT molecular complexity index is 1710. The lowest BCUT2D eigenvalue weighted by Gasteiger charge is -2.26. The van der Waals surface area contributed by atoms with Gasteiger partial charge in [0, 0.05) is 22.7 Å². The number of Topliss-reactive ketones (excluding diaryl/α,β-unsaturated/α-hetero) is 1. The summed E-state index contributed by atoms with van der Waals surface area (Å²) in [6.07, 6.45) is 1.88. The largest absolute Gasteiger partial charge is 0.516 e. The Morgan fingerprint density at radius 3 is 2.27 bits per heavy atom. The number of nitrogens with one attached hydrogen (secondary N) is 3. The SMILES string of the molecule is O=C(Nc1cccc(NS(=O)(=O)C(F)(F)F)c1)NC1N=C(c2ccccc2)c2ccccc2N(CC(=O)C2CCCC2)C1=O. The first-order valence-electron chi connectivity index (χ1n) is 13.8. The molecule has 3 aromatic carbocycles. The van der Waals surface area contributed by atoms with Gasteiger partial charge in [0.1, 0.15) is 0 Å². The van der Waals surface area contributed by atoms with E-state index in [0.29, 0.717) is 22.5 Å². The van der Waals surface area contributed by atoms with Crippen molar-refractivity contribution in [3.63, 3.8) is 0 Å². The topological polar surface area (TPSA) is 137 Å². The maximum absolute atomic E-state index is 14.0. The van der Waals surface area contributed by atoms with Crippen molar-refractivity contribution in [2.45, 2.75) is 37.4 Å². The highest BCUT2D eigenvalue weighted by Gasteiger charge is 2.46. The summed E-state index contributed by atoms with van der Waals surface area (Å²) >= 11 is 0. The fraction of sp³-hybridized carbons (Fsp3) is 0.267. The Labute approximate surface area is 251 Å². The van der Waals surface area contributed by atoms with Crippen LogP contribution in [0.1, 0.15) is 36.8 Å². The molecule has 1 heterocycles. The van der Waals surface area contributed by atoms with Gasteiger partial charge in [0.05, 0.1) is 23.6 Å². The van der Waals surface area contributed by atoms with E-state index in [1.165, 1.54) is 21.8 Å². The summed E-state index contributed by atoms with van der Waals surface area (Å²) in [5, 5.41) is 4.90. The number of benzodiazepines with no additional fused rings is 1. The minimum Gasteiger partial charge on any atom is -0.308 e. The van der Waals surface area contributed by atoms with Crippen LogP contribution in [0, 0.1) is 5.92 Å². The Balaban J connectivity index is 1.44. The van der Waals surface area contributed by atoms with E-state index in [1.807, 2.05) is 6.07 Å². The first-order chi connectivity index (χ1) is 20.9. The number of carbonyl (C=O) groups is 3. The Hall–Kier alpha value is -4.72. The number of halogens is 3. The molecule has 1 saturated carbocycles. The Morgan fingerprint density at radius 2 is 1.57 bits per heavy atom. The van der Waals surface area contributed by atoms with Crippen molar-refractivity contribution in [2.24, 2.45) is 10.9 Å². The summed E-state index contributed by atoms with van der Waals surface area (Å²) < 4.78 is 62.8. The van der Waals surface area contributed by atoms with E-state index in [9.17, 15) is 36.0 Å². The highest BCUT2D eigenvalue weighted by Crippen LogP contribution is 2.31. The number of carbonyl (C=O) groups excluding carboxylic acids is 3. The molecule has 10 nitrogen and oxygen atoms in total. The third-order valence-electron chi connectivity index (χ3n) is 7.32. The smallest absolute Gasteiger partial charge is 0.308 e. The van der Waals surface area contributed by atoms with Crippen molar-refractivity contribution in [3.05, 3.63) is 90.0 Å². The van der Waals surface area contributed by atoms with Crippen LogP contribution in [0.2, 0.25) is 0 Å². The standard InChI is InChI=1S/C30H28F3N5O5S/c31-30(32,33)44(42,43)37-22-14-8-13-21(17-22)34-29(41)36-27-28(40)38(18-25(39)19-9-4-5-10-19)24-16-7-6-15-23(24)26(35-27)20-11-2-1-3-12-20/h1-3,6-8,11-17,19,27,37H,4-5,9-10,18H2,(H2,34,36,41). The summed E-state index contributed by atoms with van der Waals surface area (Å²) in [7, 11) is -5.69. The number of hydrogen-bond donors (Lipinski definition) is 3. The second kappa shape index (κ2) is 12.5. The highest BCUT2D eigenvalue weighted by atomic mass is 32.2. The number of sulfonamides is 1. The van der Waals surface area contributed by atoms with Crippen LogP contribution in [0.3, 0.4) is 0 Å². The van der Waals surface area contributed by atoms with Crippen LogP contribution in [0.4, 0.5) is 35.0 Å². The Morgan fingerprint density at radius 1 is 0.909 bits per heavy atom. The zero-order valence-electron chi connectivity index (χ0n) is 23.2. The molecule has 0 spiro atoms. The van der Waals surface area contributed by atoms with Crippen LogP contribution in [0.25, 0.3) is 0 Å². The number of aliphatic imine (C=N–C) groups is 1. The van der Waals surface area contributed by atoms with E-state index in [0.717, 1.165) is 37.8 Å². The molecule has 5 rings (SSSR count). The van der Waals surface area contributed by atoms with Crippen LogP contribution in [0.15, 0.2) is 83.9 Å². The molecule has 1 fully saturated rings. The van der Waals surface area contributed by atoms with Gasteiger partial charge in [-0.3, -0.25) is 14.3 Å². The molecule has 0 saturated heterocycles. The molecule has 14 heteroatoms. The number of alkyl halides is 3. The van der Waals surface area contributed by atoms with Gasteiger partial charge in [0.2, 0.25) is 6.17 Å². The molecule has 0 bridgehead atoms. The number of urea groups is 1. The summed E-state index contributed by atoms with van der Waals surface area (Å²) in [4.78, 5) is 46.3. The predicted molar refractivity (Wildman–Crippen MR) is 159 cm³/mol. The molecular weight excluding hydrogens is 599 g/mol. The van der Waals surface area contributed by atoms with Crippen molar-refractivity contribution in [3.8, 4) is 0 Å². The fourth-order valence-corrected chi connectivity index (χ4v) is 5.76. The number of ketones is 1. The van der Waals surface area contributed by atoms with E-state index in [4.69, 9.17) is 0 Å². The third kappa shape index (κ3) is 6.75. The molecule has 1 unspecified atom stereocenters. The average molecular weight is 628 g/mol. The third-order valence-corrected chi connectivity index (χ3v) is 8.44. The molecule has 1 aliphatic heterocycles. The number of benzene rings is 3. The van der Waals surface area contributed by atoms with E-state index >= 15 is 0 Å². The van der Waals surface area contributed by atoms with Gasteiger partial charge in [0.25, 0.3) is 5.91 Å². The van der Waals surface area contributed by atoms with Gasteiger partial charge in [-0.1, -0.05) is 67.4 Å². The van der Waals surface area contributed by atoms with Crippen LogP contribution in [-0.2, 0) is 19.6 Å². The number of amides is 3. The number of anilines is 3. The summed E-state index contributed by atoms with van der Waals surface area (Å²) in [5.41, 5.74) is -3.93. The van der Waals surface area contributed by atoms with Gasteiger partial charge in [-0.15, -0.1) is 0 Å². The van der Waals surface area contributed by atoms with Gasteiger partial charge in [-0.2, -0.15) is 21.6 Å². The maximum atomic E-state index is 14.0. The van der Waals surface area contributed by atoms with Crippen LogP contribution in [-0.4, -0.2) is 50.1 Å².